The van der Waals surface area contributed by atoms with Crippen LogP contribution < -0.4 is 49.6 Å². The third-order valence-corrected chi connectivity index (χ3v) is 9.86. The van der Waals surface area contributed by atoms with Crippen LogP contribution in [0.1, 0.15) is 73.9 Å². The first-order valence-corrected chi connectivity index (χ1v) is 18.4. The second kappa shape index (κ2) is 18.6. The molecule has 0 unspecified atom stereocenters. The molecule has 0 aliphatic carbocycles. The third kappa shape index (κ3) is 12.2. The summed E-state index contributed by atoms with van der Waals surface area (Å²) in [5.41, 5.74) is 45.5. The van der Waals surface area contributed by atoms with E-state index in [1.54, 1.807) is 0 Å². The fourth-order valence-corrected chi connectivity index (χ4v) is 6.60. The predicted molar refractivity (Wildman–Crippen MR) is 190 cm³/mol. The molecule has 2 aromatic carbocycles. The third-order valence-electron chi connectivity index (χ3n) is 6.51. The Morgan fingerprint density at radius 1 is 0.674 bits per heavy atom. The van der Waals surface area contributed by atoms with Crippen LogP contribution in [0.5, 0.6) is 11.5 Å². The van der Waals surface area contributed by atoms with Gasteiger partial charge in [0.25, 0.3) is 0 Å². The molecule has 15 N–H and O–H groups in total. The summed E-state index contributed by atoms with van der Waals surface area (Å²) in [5, 5.41) is 7.87. The van der Waals surface area contributed by atoms with E-state index in [0.29, 0.717) is 36.2 Å². The monoisotopic (exact) mass is 670 g/mol. The number of hydrogen-bond donors (Lipinski definition) is 8. The minimum absolute atomic E-state index is 0.0502. The molecule has 0 spiro atoms. The summed E-state index contributed by atoms with van der Waals surface area (Å²) in [6.45, 7) is 9.70. The number of thioether (sulfide) groups is 4. The van der Waals surface area contributed by atoms with Gasteiger partial charge < -0.3 is 49.6 Å². The Kier molecular flexibility index (Phi) is 16.4. The van der Waals surface area contributed by atoms with Gasteiger partial charge in [0, 0.05) is 50.7 Å². The maximum absolute atomic E-state index is 7.82. The summed E-state index contributed by atoms with van der Waals surface area (Å²) >= 11 is 5.62. The van der Waals surface area contributed by atoms with Gasteiger partial charge in [-0.1, -0.05) is 63.7 Å². The molecule has 43 heavy (non-hydrogen) atoms. The number of nitrogens with one attached hydrogen (secondary N) is 1. The van der Waals surface area contributed by atoms with E-state index >= 15 is 0 Å². The fraction of sp³-hybridized carbons (Fsp3) is 0.552. The van der Waals surface area contributed by atoms with Crippen molar-refractivity contribution in [2.75, 3.05) is 13.2 Å². The number of hydrogen-bond acceptors (Lipinski definition) is 13. The molecule has 0 heterocycles. The molecule has 0 bridgehead atoms. The van der Waals surface area contributed by atoms with Crippen LogP contribution in [0.4, 0.5) is 0 Å². The first kappa shape index (κ1) is 37.9. The van der Waals surface area contributed by atoms with Gasteiger partial charge in [0.15, 0.2) is 5.17 Å². The SMILES string of the molecule is CCCOc1c(CSC(=N)N)cc(C(C)(C)c2cc(CSC(N)N)c(OCCC)c(CSC(N)N)c2)cc1CSC(N)N. The molecule has 0 saturated heterocycles. The second-order valence-corrected chi connectivity index (χ2v) is 15.1. The average Bonchev–Trinajstić information content (AvgIpc) is 2.94. The van der Waals surface area contributed by atoms with Crippen molar-refractivity contribution in [1.29, 1.82) is 5.41 Å². The van der Waals surface area contributed by atoms with Crippen molar-refractivity contribution in [3.63, 3.8) is 0 Å². The summed E-state index contributed by atoms with van der Waals surface area (Å²) in [5.74, 6) is 3.89. The molecule has 0 saturated carbocycles. The van der Waals surface area contributed by atoms with Crippen molar-refractivity contribution in [3.8, 4) is 11.5 Å². The van der Waals surface area contributed by atoms with E-state index in [1.165, 1.54) is 47.0 Å². The van der Waals surface area contributed by atoms with Gasteiger partial charge in [-0.2, -0.15) is 0 Å². The quantitative estimate of drug-likeness (QED) is 0.0601. The number of ether oxygens (including phenoxy) is 2. The largest absolute Gasteiger partial charge is 0.493 e. The van der Waals surface area contributed by atoms with Crippen LogP contribution in [0, 0.1) is 5.41 Å². The van der Waals surface area contributed by atoms with E-state index in [2.05, 4.69) is 52.0 Å². The van der Waals surface area contributed by atoms with E-state index in [9.17, 15) is 0 Å². The molecule has 10 nitrogen and oxygen atoms in total. The molecule has 0 fully saturated rings. The predicted octanol–water partition coefficient (Wildman–Crippen LogP) is 4.02. The first-order chi connectivity index (χ1) is 20.3. The highest BCUT2D eigenvalue weighted by Gasteiger charge is 2.29. The first-order valence-electron chi connectivity index (χ1n) is 14.2. The van der Waals surface area contributed by atoms with E-state index < -0.39 is 21.9 Å². The molecule has 2 rings (SSSR count). The lowest BCUT2D eigenvalue weighted by atomic mass is 9.76. The zero-order chi connectivity index (χ0) is 32.2. The van der Waals surface area contributed by atoms with Crippen LogP contribution in [0.15, 0.2) is 24.3 Å². The minimum atomic E-state index is -0.524. The van der Waals surface area contributed by atoms with Crippen LogP contribution in [0.3, 0.4) is 0 Å². The van der Waals surface area contributed by atoms with Gasteiger partial charge in [0.1, 0.15) is 28.0 Å². The van der Waals surface area contributed by atoms with Gasteiger partial charge in [-0.3, -0.25) is 5.41 Å². The van der Waals surface area contributed by atoms with E-state index in [1.807, 2.05) is 0 Å². The molecular weight excluding hydrogens is 621 g/mol. The molecule has 0 aliphatic rings. The number of amidine groups is 1. The van der Waals surface area contributed by atoms with E-state index in [-0.39, 0.29) is 5.17 Å². The average molecular weight is 671 g/mol. The lowest BCUT2D eigenvalue weighted by Crippen LogP contribution is -2.27. The zero-order valence-corrected chi connectivity index (χ0v) is 29.0. The molecule has 14 heteroatoms. The number of benzene rings is 2. The summed E-state index contributed by atoms with van der Waals surface area (Å²) < 4.78 is 12.6. The van der Waals surface area contributed by atoms with Gasteiger partial charge in [-0.05, 0) is 24.0 Å². The lowest BCUT2D eigenvalue weighted by molar-refractivity contribution is 0.312. The van der Waals surface area contributed by atoms with Gasteiger partial charge in [0.05, 0.1) is 13.2 Å². The maximum Gasteiger partial charge on any atom is 0.151 e. The highest BCUT2D eigenvalue weighted by atomic mass is 32.2. The highest BCUT2D eigenvalue weighted by Crippen LogP contribution is 2.42. The van der Waals surface area contributed by atoms with Crippen LogP contribution in [0.25, 0.3) is 0 Å². The molecule has 0 radical (unpaired) electrons. The Labute approximate surface area is 273 Å². The van der Waals surface area contributed by atoms with Crippen molar-refractivity contribution in [3.05, 3.63) is 57.6 Å². The number of nitrogens with two attached hydrogens (primary N) is 7. The van der Waals surface area contributed by atoms with Crippen molar-refractivity contribution < 1.29 is 9.47 Å². The van der Waals surface area contributed by atoms with E-state index in [0.717, 1.165) is 57.7 Å². The second-order valence-electron chi connectivity index (χ2n) is 10.5. The molecule has 0 aromatic heterocycles. The summed E-state index contributed by atoms with van der Waals surface area (Å²) in [4.78, 5) is 0. The molecular formula is C29H50N8O2S4. The van der Waals surface area contributed by atoms with Crippen LogP contribution in [-0.2, 0) is 28.4 Å². The molecule has 2 aromatic rings. The van der Waals surface area contributed by atoms with Gasteiger partial charge in [0.2, 0.25) is 0 Å². The number of rotatable bonds is 19. The van der Waals surface area contributed by atoms with Crippen LogP contribution >= 0.6 is 47.0 Å². The van der Waals surface area contributed by atoms with Crippen molar-refractivity contribution in [2.45, 2.75) is 85.5 Å². The Balaban J connectivity index is 2.78. The van der Waals surface area contributed by atoms with Crippen molar-refractivity contribution in [2.24, 2.45) is 40.1 Å². The molecule has 0 amide bonds. The van der Waals surface area contributed by atoms with Gasteiger partial charge >= 0.3 is 0 Å². The molecule has 0 atom stereocenters. The fourth-order valence-electron chi connectivity index (χ4n) is 4.32. The summed E-state index contributed by atoms with van der Waals surface area (Å²) in [6.07, 6.45) is 1.74. The minimum Gasteiger partial charge on any atom is -0.493 e. The van der Waals surface area contributed by atoms with Gasteiger partial charge in [-0.25, -0.2) is 0 Å². The standard InChI is InChI=1S/C29H50N8O2S4/c1-5-7-38-23-17(13-40-25(30)31)9-21(10-18(23)14-41-26(32)33)29(3,4)22-11-19(15-42-27(34)35)24(39-8-6-2)20(12-22)16-43-28(36)37/h9-12,25-27H,5-8,13-16,30-35H2,1-4H3,(H3,36,37). The van der Waals surface area contributed by atoms with Crippen LogP contribution in [-0.4, -0.2) is 34.9 Å². The Bertz CT molecular complexity index is 1150. The molecule has 242 valence electrons. The zero-order valence-electron chi connectivity index (χ0n) is 25.7. The lowest BCUT2D eigenvalue weighted by Gasteiger charge is -2.31. The Morgan fingerprint density at radius 3 is 1.28 bits per heavy atom. The summed E-state index contributed by atoms with van der Waals surface area (Å²) in [7, 11) is 0. The van der Waals surface area contributed by atoms with E-state index in [4.69, 9.17) is 55.0 Å². The maximum atomic E-state index is 7.82. The van der Waals surface area contributed by atoms with Crippen molar-refractivity contribution >= 4 is 52.2 Å². The molecule has 0 aliphatic heterocycles. The van der Waals surface area contributed by atoms with Crippen LogP contribution in [0.2, 0.25) is 0 Å². The highest BCUT2D eigenvalue weighted by molar-refractivity contribution is 8.13. The Morgan fingerprint density at radius 2 is 1.00 bits per heavy atom. The Hall–Kier alpha value is -1.33. The summed E-state index contributed by atoms with van der Waals surface area (Å²) in [6, 6.07) is 8.71. The van der Waals surface area contributed by atoms with Gasteiger partial charge in [-0.15, -0.1) is 35.3 Å². The smallest absolute Gasteiger partial charge is 0.151 e. The van der Waals surface area contributed by atoms with Crippen molar-refractivity contribution in [1.82, 2.24) is 0 Å². The topological polar surface area (TPSA) is 224 Å². The normalized spacial score (nSPS) is 12.0.